The van der Waals surface area contributed by atoms with E-state index in [1.807, 2.05) is 6.07 Å². The van der Waals surface area contributed by atoms with Crippen molar-refractivity contribution in [1.29, 1.82) is 0 Å². The zero-order valence-corrected chi connectivity index (χ0v) is 15.5. The molecule has 0 aromatic heterocycles. The second kappa shape index (κ2) is 7.87. The summed E-state index contributed by atoms with van der Waals surface area (Å²) in [6.07, 6.45) is 0.973. The monoisotopic (exact) mass is 354 g/mol. The SMILES string of the molecule is CC(C)(CN)CN=C(Nc1cccc(F)c1)N1CCc2ccccc2C1. The first-order chi connectivity index (χ1) is 12.5. The summed E-state index contributed by atoms with van der Waals surface area (Å²) in [7, 11) is 0. The Morgan fingerprint density at radius 1 is 1.19 bits per heavy atom. The van der Waals surface area contributed by atoms with Gasteiger partial charge in [-0.1, -0.05) is 44.2 Å². The first kappa shape index (κ1) is 18.4. The predicted molar refractivity (Wildman–Crippen MR) is 106 cm³/mol. The molecule has 2 aromatic rings. The van der Waals surface area contributed by atoms with Gasteiger partial charge in [-0.05, 0) is 47.7 Å². The number of rotatable bonds is 4. The van der Waals surface area contributed by atoms with Gasteiger partial charge in [-0.15, -0.1) is 0 Å². The highest BCUT2D eigenvalue weighted by atomic mass is 19.1. The smallest absolute Gasteiger partial charge is 0.198 e. The number of nitrogens with one attached hydrogen (secondary N) is 1. The lowest BCUT2D eigenvalue weighted by Crippen LogP contribution is -2.41. The number of hydrogen-bond donors (Lipinski definition) is 2. The second-order valence-corrected chi connectivity index (χ2v) is 7.58. The predicted octanol–water partition coefficient (Wildman–Crippen LogP) is 3.64. The first-order valence-electron chi connectivity index (χ1n) is 9.06. The molecule has 0 saturated heterocycles. The van der Waals surface area contributed by atoms with Crippen molar-refractivity contribution < 1.29 is 4.39 Å². The van der Waals surface area contributed by atoms with Crippen LogP contribution in [-0.4, -0.2) is 30.5 Å². The second-order valence-electron chi connectivity index (χ2n) is 7.58. The summed E-state index contributed by atoms with van der Waals surface area (Å²) >= 11 is 0. The molecule has 4 nitrogen and oxygen atoms in total. The Kier molecular flexibility index (Phi) is 5.57. The third kappa shape index (κ3) is 4.61. The van der Waals surface area contributed by atoms with Crippen molar-refractivity contribution in [2.24, 2.45) is 16.1 Å². The van der Waals surface area contributed by atoms with Crippen LogP contribution in [0.4, 0.5) is 10.1 Å². The molecule has 0 unspecified atom stereocenters. The van der Waals surface area contributed by atoms with Crippen molar-refractivity contribution in [2.75, 3.05) is 25.0 Å². The molecule has 1 aliphatic heterocycles. The molecule has 138 valence electrons. The van der Waals surface area contributed by atoms with E-state index in [2.05, 4.69) is 48.3 Å². The Bertz CT molecular complexity index is 785. The number of nitrogens with two attached hydrogens (primary N) is 1. The molecule has 0 aliphatic carbocycles. The minimum absolute atomic E-state index is 0.0808. The van der Waals surface area contributed by atoms with Gasteiger partial charge in [0.15, 0.2) is 5.96 Å². The zero-order chi connectivity index (χ0) is 18.6. The van der Waals surface area contributed by atoms with Crippen LogP contribution in [-0.2, 0) is 13.0 Å². The topological polar surface area (TPSA) is 53.6 Å². The molecule has 0 amide bonds. The minimum atomic E-state index is -0.263. The number of anilines is 1. The van der Waals surface area contributed by atoms with Crippen molar-refractivity contribution in [2.45, 2.75) is 26.8 Å². The number of nitrogens with zero attached hydrogens (tertiary/aromatic N) is 2. The maximum absolute atomic E-state index is 13.6. The Morgan fingerprint density at radius 3 is 2.69 bits per heavy atom. The number of guanidine groups is 1. The van der Waals surface area contributed by atoms with Crippen LogP contribution in [0.25, 0.3) is 0 Å². The van der Waals surface area contributed by atoms with Crippen LogP contribution in [0, 0.1) is 11.2 Å². The van der Waals surface area contributed by atoms with Gasteiger partial charge in [-0.2, -0.15) is 0 Å². The lowest BCUT2D eigenvalue weighted by molar-refractivity contribution is 0.371. The average molecular weight is 354 g/mol. The van der Waals surface area contributed by atoms with Crippen LogP contribution < -0.4 is 11.1 Å². The van der Waals surface area contributed by atoms with E-state index >= 15 is 0 Å². The standard InChI is InChI=1S/C21H27FN4/c1-21(2,14-23)15-24-20(25-19-9-5-8-18(22)12-19)26-11-10-16-6-3-4-7-17(16)13-26/h3-9,12H,10-11,13-15,23H2,1-2H3,(H,24,25). The van der Waals surface area contributed by atoms with Gasteiger partial charge in [0.05, 0.1) is 0 Å². The third-order valence-corrected chi connectivity index (χ3v) is 4.72. The highest BCUT2D eigenvalue weighted by Crippen LogP contribution is 2.21. The molecule has 0 fully saturated rings. The lowest BCUT2D eigenvalue weighted by Gasteiger charge is -2.32. The molecule has 26 heavy (non-hydrogen) atoms. The molecule has 0 radical (unpaired) electrons. The lowest BCUT2D eigenvalue weighted by atomic mass is 9.94. The van der Waals surface area contributed by atoms with Crippen LogP contribution in [0.5, 0.6) is 0 Å². The van der Waals surface area contributed by atoms with Crippen molar-refractivity contribution in [3.8, 4) is 0 Å². The van der Waals surface area contributed by atoms with Crippen molar-refractivity contribution >= 4 is 11.6 Å². The minimum Gasteiger partial charge on any atom is -0.338 e. The van der Waals surface area contributed by atoms with E-state index in [9.17, 15) is 4.39 Å². The molecule has 2 aromatic carbocycles. The Morgan fingerprint density at radius 2 is 1.96 bits per heavy atom. The van der Waals surface area contributed by atoms with Gasteiger partial charge in [0.2, 0.25) is 0 Å². The fourth-order valence-corrected chi connectivity index (χ4v) is 2.94. The van der Waals surface area contributed by atoms with E-state index in [4.69, 9.17) is 10.7 Å². The van der Waals surface area contributed by atoms with Crippen LogP contribution in [0.1, 0.15) is 25.0 Å². The van der Waals surface area contributed by atoms with E-state index in [1.165, 1.54) is 23.3 Å². The third-order valence-electron chi connectivity index (χ3n) is 4.72. The molecule has 3 rings (SSSR count). The molecule has 0 atom stereocenters. The van der Waals surface area contributed by atoms with Crippen LogP contribution in [0.3, 0.4) is 0 Å². The number of fused-ring (bicyclic) bond motifs is 1. The summed E-state index contributed by atoms with van der Waals surface area (Å²) in [6, 6.07) is 15.0. The normalized spacial score (nSPS) is 14.9. The number of hydrogen-bond acceptors (Lipinski definition) is 2. The molecule has 0 saturated carbocycles. The number of aliphatic imine (C=N–C) groups is 1. The number of halogens is 1. The van der Waals surface area contributed by atoms with E-state index in [1.54, 1.807) is 6.07 Å². The van der Waals surface area contributed by atoms with Gasteiger partial charge in [0.1, 0.15) is 5.82 Å². The average Bonchev–Trinajstić information content (AvgIpc) is 2.65. The largest absolute Gasteiger partial charge is 0.338 e. The van der Waals surface area contributed by atoms with Crippen LogP contribution in [0.2, 0.25) is 0 Å². The van der Waals surface area contributed by atoms with Gasteiger partial charge in [0.25, 0.3) is 0 Å². The zero-order valence-electron chi connectivity index (χ0n) is 15.5. The highest BCUT2D eigenvalue weighted by molar-refractivity contribution is 5.93. The molecule has 1 heterocycles. The van der Waals surface area contributed by atoms with Crippen molar-refractivity contribution in [3.63, 3.8) is 0 Å². The maximum Gasteiger partial charge on any atom is 0.198 e. The quantitative estimate of drug-likeness (QED) is 0.651. The van der Waals surface area contributed by atoms with E-state index in [0.717, 1.165) is 25.5 Å². The van der Waals surface area contributed by atoms with E-state index in [0.29, 0.717) is 18.8 Å². The fraction of sp³-hybridized carbons (Fsp3) is 0.381. The molecule has 0 spiro atoms. The highest BCUT2D eigenvalue weighted by Gasteiger charge is 2.21. The van der Waals surface area contributed by atoms with E-state index < -0.39 is 0 Å². The van der Waals surface area contributed by atoms with Crippen molar-refractivity contribution in [3.05, 3.63) is 65.5 Å². The summed E-state index contributed by atoms with van der Waals surface area (Å²) in [6.45, 7) is 7.04. The summed E-state index contributed by atoms with van der Waals surface area (Å²) in [4.78, 5) is 7.04. The fourth-order valence-electron chi connectivity index (χ4n) is 2.94. The van der Waals surface area contributed by atoms with Gasteiger partial charge < -0.3 is 16.0 Å². The molecule has 5 heteroatoms. The van der Waals surface area contributed by atoms with Gasteiger partial charge in [0, 0.05) is 25.3 Å². The van der Waals surface area contributed by atoms with Crippen LogP contribution in [0.15, 0.2) is 53.5 Å². The molecule has 3 N–H and O–H groups in total. The molecular formula is C21H27FN4. The van der Waals surface area contributed by atoms with E-state index in [-0.39, 0.29) is 11.2 Å². The Balaban J connectivity index is 1.84. The van der Waals surface area contributed by atoms with Crippen LogP contribution >= 0.6 is 0 Å². The van der Waals surface area contributed by atoms with Gasteiger partial charge in [-0.25, -0.2) is 4.39 Å². The first-order valence-corrected chi connectivity index (χ1v) is 9.06. The summed E-state index contributed by atoms with van der Waals surface area (Å²) in [5.41, 5.74) is 9.17. The van der Waals surface area contributed by atoms with Gasteiger partial charge in [-0.3, -0.25) is 4.99 Å². The Hall–Kier alpha value is -2.40. The van der Waals surface area contributed by atoms with Crippen molar-refractivity contribution in [1.82, 2.24) is 4.90 Å². The molecular weight excluding hydrogens is 327 g/mol. The maximum atomic E-state index is 13.6. The molecule has 1 aliphatic rings. The summed E-state index contributed by atoms with van der Waals surface area (Å²) in [5, 5.41) is 3.31. The molecule has 0 bridgehead atoms. The summed E-state index contributed by atoms with van der Waals surface area (Å²) in [5.74, 6) is 0.507. The number of benzene rings is 2. The van der Waals surface area contributed by atoms with Gasteiger partial charge >= 0.3 is 0 Å². The summed E-state index contributed by atoms with van der Waals surface area (Å²) < 4.78 is 13.6. The Labute approximate surface area is 154 Å².